The van der Waals surface area contributed by atoms with E-state index in [4.69, 9.17) is 16.3 Å². The van der Waals surface area contributed by atoms with E-state index in [2.05, 4.69) is 15.5 Å². The molecule has 0 bridgehead atoms. The van der Waals surface area contributed by atoms with Gasteiger partial charge in [0.05, 0.1) is 7.11 Å². The quantitative estimate of drug-likeness (QED) is 0.681. The second-order valence-corrected chi connectivity index (χ2v) is 4.64. The molecule has 0 unspecified atom stereocenters. The van der Waals surface area contributed by atoms with Crippen LogP contribution >= 0.6 is 11.6 Å². The van der Waals surface area contributed by atoms with Gasteiger partial charge in [-0.3, -0.25) is 9.78 Å². The van der Waals surface area contributed by atoms with Crippen molar-refractivity contribution in [3.63, 3.8) is 0 Å². The lowest BCUT2D eigenvalue weighted by Crippen LogP contribution is -2.17. The number of nitrogens with zero attached hydrogens (tertiary/aromatic N) is 2. The van der Waals surface area contributed by atoms with Gasteiger partial charge < -0.3 is 4.74 Å². The van der Waals surface area contributed by atoms with Gasteiger partial charge in [-0.1, -0.05) is 11.6 Å². The minimum atomic E-state index is -0.299. The molecule has 112 valence electrons. The number of aromatic nitrogens is 1. The molecule has 2 aromatic rings. The Morgan fingerprint density at radius 3 is 2.82 bits per heavy atom. The molecule has 0 aliphatic carbocycles. The van der Waals surface area contributed by atoms with Gasteiger partial charge in [-0.2, -0.15) is 5.10 Å². The van der Waals surface area contributed by atoms with Crippen molar-refractivity contribution in [1.82, 2.24) is 10.4 Å². The minimum absolute atomic E-state index is 0.299. The van der Waals surface area contributed by atoms with Crippen molar-refractivity contribution in [2.24, 2.45) is 5.10 Å². The Morgan fingerprint density at radius 2 is 2.09 bits per heavy atom. The van der Waals surface area contributed by atoms with Crippen LogP contribution in [0.5, 0.6) is 5.75 Å². The normalized spacial score (nSPS) is 11.0. The first-order valence-corrected chi connectivity index (χ1v) is 6.82. The molecule has 0 atom stereocenters. The molecule has 0 radical (unpaired) electrons. The van der Waals surface area contributed by atoms with Gasteiger partial charge in [0.25, 0.3) is 5.91 Å². The molecular weight excluding hydrogens is 302 g/mol. The van der Waals surface area contributed by atoms with Crippen molar-refractivity contribution in [3.05, 3.63) is 65.0 Å². The number of hydrazone groups is 1. The molecule has 0 saturated carbocycles. The molecule has 1 amide bonds. The third kappa shape index (κ3) is 4.43. The summed E-state index contributed by atoms with van der Waals surface area (Å²) in [6, 6.07) is 8.53. The lowest BCUT2D eigenvalue weighted by Gasteiger charge is -2.04. The molecule has 5 nitrogen and oxygen atoms in total. The molecule has 0 spiro atoms. The minimum Gasteiger partial charge on any atom is -0.496 e. The molecule has 1 N–H and O–H groups in total. The highest BCUT2D eigenvalue weighted by molar-refractivity contribution is 6.30. The van der Waals surface area contributed by atoms with Crippen molar-refractivity contribution in [2.75, 3.05) is 7.11 Å². The number of nitrogens with one attached hydrogen (secondary N) is 1. The Kier molecular flexibility index (Phi) is 5.68. The van der Waals surface area contributed by atoms with E-state index >= 15 is 0 Å². The van der Waals surface area contributed by atoms with Gasteiger partial charge in [0.1, 0.15) is 5.75 Å². The number of hydrogen-bond donors (Lipinski definition) is 1. The summed E-state index contributed by atoms with van der Waals surface area (Å²) in [6.45, 7) is 0. The highest BCUT2D eigenvalue weighted by Gasteiger charge is 2.01. The fraction of sp³-hybridized carbons (Fsp3) is 0.0625. The maximum atomic E-state index is 11.7. The maximum Gasteiger partial charge on any atom is 0.271 e. The summed E-state index contributed by atoms with van der Waals surface area (Å²) in [5.74, 6) is 0.405. The van der Waals surface area contributed by atoms with Crippen LogP contribution in [0, 0.1) is 0 Å². The molecule has 0 aliphatic rings. The van der Waals surface area contributed by atoms with Crippen LogP contribution in [0.4, 0.5) is 0 Å². The highest BCUT2D eigenvalue weighted by Crippen LogP contribution is 2.23. The Labute approximate surface area is 133 Å². The molecule has 0 aliphatic heterocycles. The predicted molar refractivity (Wildman–Crippen MR) is 87.2 cm³/mol. The summed E-state index contributed by atoms with van der Waals surface area (Å²) in [7, 11) is 1.59. The van der Waals surface area contributed by atoms with E-state index < -0.39 is 0 Å². The number of carbonyl (C=O) groups is 1. The summed E-state index contributed by atoms with van der Waals surface area (Å²) < 4.78 is 5.22. The number of methoxy groups -OCH3 is 1. The smallest absolute Gasteiger partial charge is 0.271 e. The molecule has 1 aromatic heterocycles. The van der Waals surface area contributed by atoms with Crippen LogP contribution in [0.25, 0.3) is 6.08 Å². The van der Waals surface area contributed by atoms with Crippen molar-refractivity contribution >= 4 is 29.8 Å². The second-order valence-electron chi connectivity index (χ2n) is 4.20. The Balaban J connectivity index is 1.95. The van der Waals surface area contributed by atoms with Gasteiger partial charge in [-0.15, -0.1) is 0 Å². The van der Waals surface area contributed by atoms with E-state index in [9.17, 15) is 4.79 Å². The van der Waals surface area contributed by atoms with Crippen LogP contribution in [-0.4, -0.2) is 24.2 Å². The molecule has 6 heteroatoms. The lowest BCUT2D eigenvalue weighted by atomic mass is 10.2. The summed E-state index contributed by atoms with van der Waals surface area (Å²) in [4.78, 5) is 15.6. The van der Waals surface area contributed by atoms with Crippen LogP contribution < -0.4 is 10.2 Å². The topological polar surface area (TPSA) is 63.6 Å². The van der Waals surface area contributed by atoms with Gasteiger partial charge >= 0.3 is 0 Å². The van der Waals surface area contributed by atoms with Gasteiger partial charge in [0.15, 0.2) is 0 Å². The fourth-order valence-electron chi connectivity index (χ4n) is 1.69. The largest absolute Gasteiger partial charge is 0.496 e. The molecule has 1 heterocycles. The number of carbonyl (C=O) groups excluding carboxylic acids is 1. The molecule has 22 heavy (non-hydrogen) atoms. The Hall–Kier alpha value is -2.66. The van der Waals surface area contributed by atoms with Crippen LogP contribution in [-0.2, 0) is 0 Å². The number of benzene rings is 1. The average Bonchev–Trinajstić information content (AvgIpc) is 2.55. The van der Waals surface area contributed by atoms with Gasteiger partial charge in [-0.05, 0) is 42.5 Å². The molecule has 0 fully saturated rings. The summed E-state index contributed by atoms with van der Waals surface area (Å²) in [6.07, 6.45) is 8.03. The maximum absolute atomic E-state index is 11.7. The Bertz CT molecular complexity index is 700. The first kappa shape index (κ1) is 15.7. The summed E-state index contributed by atoms with van der Waals surface area (Å²) in [5, 5.41) is 4.45. The monoisotopic (exact) mass is 315 g/mol. The van der Waals surface area contributed by atoms with Gasteiger partial charge in [-0.25, -0.2) is 5.43 Å². The summed E-state index contributed by atoms with van der Waals surface area (Å²) in [5.41, 5.74) is 3.73. The SMILES string of the molecule is COc1ccc(Cl)cc1/C=C\C=N/NC(=O)c1ccncc1. The van der Waals surface area contributed by atoms with Crippen LogP contribution in [0.15, 0.2) is 53.9 Å². The van der Waals surface area contributed by atoms with Crippen molar-refractivity contribution in [2.45, 2.75) is 0 Å². The van der Waals surface area contributed by atoms with Crippen LogP contribution in [0.3, 0.4) is 0 Å². The van der Waals surface area contributed by atoms with E-state index in [1.165, 1.54) is 6.21 Å². The Morgan fingerprint density at radius 1 is 1.32 bits per heavy atom. The van der Waals surface area contributed by atoms with Crippen LogP contribution in [0.1, 0.15) is 15.9 Å². The fourth-order valence-corrected chi connectivity index (χ4v) is 1.87. The number of pyridine rings is 1. The zero-order chi connectivity index (χ0) is 15.8. The number of amides is 1. The van der Waals surface area contributed by atoms with Crippen molar-refractivity contribution in [3.8, 4) is 5.75 Å². The second kappa shape index (κ2) is 7.95. The van der Waals surface area contributed by atoms with E-state index in [1.807, 2.05) is 0 Å². The van der Waals surface area contributed by atoms with Gasteiger partial charge in [0, 0.05) is 34.8 Å². The summed E-state index contributed by atoms with van der Waals surface area (Å²) >= 11 is 5.94. The first-order chi connectivity index (χ1) is 10.7. The third-order valence-electron chi connectivity index (χ3n) is 2.74. The van der Waals surface area contributed by atoms with Crippen molar-refractivity contribution < 1.29 is 9.53 Å². The number of hydrogen-bond acceptors (Lipinski definition) is 4. The van der Waals surface area contributed by atoms with Crippen molar-refractivity contribution in [1.29, 1.82) is 0 Å². The zero-order valence-electron chi connectivity index (χ0n) is 11.9. The third-order valence-corrected chi connectivity index (χ3v) is 2.97. The van der Waals surface area contributed by atoms with Gasteiger partial charge in [0.2, 0.25) is 0 Å². The van der Waals surface area contributed by atoms with Crippen LogP contribution in [0.2, 0.25) is 5.02 Å². The lowest BCUT2D eigenvalue weighted by molar-refractivity contribution is 0.0955. The van der Waals surface area contributed by atoms with E-state index in [0.29, 0.717) is 16.3 Å². The number of halogens is 1. The molecule has 0 saturated heterocycles. The van der Waals surface area contributed by atoms with E-state index in [-0.39, 0.29) is 5.91 Å². The number of rotatable bonds is 5. The predicted octanol–water partition coefficient (Wildman–Crippen LogP) is 3.17. The number of allylic oxidation sites excluding steroid dienone is 1. The first-order valence-electron chi connectivity index (χ1n) is 6.44. The zero-order valence-corrected chi connectivity index (χ0v) is 12.6. The average molecular weight is 316 g/mol. The molecule has 1 aromatic carbocycles. The number of ether oxygens (including phenoxy) is 1. The molecular formula is C16H14ClN3O2. The highest BCUT2D eigenvalue weighted by atomic mass is 35.5. The molecule has 2 rings (SSSR count). The standard InChI is InChI=1S/C16H14ClN3O2/c1-22-15-5-4-14(17)11-13(15)3-2-8-19-20-16(21)12-6-9-18-10-7-12/h2-11H,1H3,(H,20,21)/b3-2-,19-8-. The van der Waals surface area contributed by atoms with E-state index in [1.54, 1.807) is 62.0 Å². The van der Waals surface area contributed by atoms with E-state index in [0.717, 1.165) is 5.56 Å².